The number of ether oxygens (including phenoxy) is 1. The maximum atomic E-state index is 12.5. The zero-order valence-corrected chi connectivity index (χ0v) is 16.9. The number of benzene rings is 2. The number of methoxy groups -OCH3 is 1. The lowest BCUT2D eigenvalue weighted by Crippen LogP contribution is -2.30. The van der Waals surface area contributed by atoms with E-state index in [9.17, 15) is 13.2 Å². The number of hydrazone groups is 1. The molecule has 7 nitrogen and oxygen atoms in total. The van der Waals surface area contributed by atoms with Crippen LogP contribution in [0.4, 0.5) is 5.69 Å². The molecule has 0 aliphatic carbocycles. The topological polar surface area (TPSA) is 88.1 Å². The Labute approximate surface area is 165 Å². The van der Waals surface area contributed by atoms with E-state index in [-0.39, 0.29) is 18.6 Å². The van der Waals surface area contributed by atoms with Crippen molar-refractivity contribution < 1.29 is 17.9 Å². The van der Waals surface area contributed by atoms with Gasteiger partial charge in [-0.1, -0.05) is 42.0 Å². The lowest BCUT2D eigenvalue weighted by atomic mass is 9.97. The highest BCUT2D eigenvalue weighted by Gasteiger charge is 2.33. The highest BCUT2D eigenvalue weighted by atomic mass is 32.2. The molecule has 148 valence electrons. The molecular weight excluding hydrogens is 378 g/mol. The van der Waals surface area contributed by atoms with Gasteiger partial charge in [-0.3, -0.25) is 9.52 Å². The second-order valence-electron chi connectivity index (χ2n) is 6.80. The minimum atomic E-state index is -3.33. The van der Waals surface area contributed by atoms with E-state index in [1.807, 2.05) is 25.1 Å². The zero-order valence-electron chi connectivity index (χ0n) is 16.0. The molecule has 0 saturated carbocycles. The minimum absolute atomic E-state index is 0.0453. The van der Waals surface area contributed by atoms with Crippen molar-refractivity contribution in [2.45, 2.75) is 19.4 Å². The fourth-order valence-corrected chi connectivity index (χ4v) is 3.75. The Hall–Kier alpha value is -2.71. The number of carbonyl (C=O) groups is 1. The number of nitrogens with one attached hydrogen (secondary N) is 1. The van der Waals surface area contributed by atoms with Crippen molar-refractivity contribution in [3.05, 3.63) is 65.2 Å². The SMILES string of the molecule is COCC(=O)N1N=C(c2ccc(NS(C)(=O)=O)cc2)C[C@@H]1c1cccc(C)c1. The lowest BCUT2D eigenvalue weighted by Gasteiger charge is -2.22. The van der Waals surface area contributed by atoms with E-state index in [1.54, 1.807) is 24.3 Å². The van der Waals surface area contributed by atoms with Crippen LogP contribution >= 0.6 is 0 Å². The van der Waals surface area contributed by atoms with Crippen molar-refractivity contribution in [3.63, 3.8) is 0 Å². The number of sulfonamides is 1. The Morgan fingerprint density at radius 3 is 2.57 bits per heavy atom. The molecule has 0 aromatic heterocycles. The summed E-state index contributed by atoms with van der Waals surface area (Å²) < 4.78 is 30.2. The average molecular weight is 401 g/mol. The second kappa shape index (κ2) is 8.12. The molecule has 0 saturated heterocycles. The van der Waals surface area contributed by atoms with Crippen molar-refractivity contribution in [2.75, 3.05) is 24.7 Å². The first-order valence-corrected chi connectivity index (χ1v) is 10.7. The van der Waals surface area contributed by atoms with Crippen LogP contribution in [-0.2, 0) is 19.6 Å². The molecule has 2 aromatic carbocycles. The van der Waals surface area contributed by atoms with Crippen LogP contribution in [0.15, 0.2) is 53.6 Å². The maximum Gasteiger partial charge on any atom is 0.269 e. The molecule has 1 heterocycles. The number of carbonyl (C=O) groups excluding carboxylic acids is 1. The van der Waals surface area contributed by atoms with Crippen molar-refractivity contribution in [1.29, 1.82) is 0 Å². The van der Waals surface area contributed by atoms with Gasteiger partial charge in [-0.2, -0.15) is 5.10 Å². The van der Waals surface area contributed by atoms with E-state index in [1.165, 1.54) is 12.1 Å². The molecule has 0 unspecified atom stereocenters. The Morgan fingerprint density at radius 2 is 1.96 bits per heavy atom. The number of hydrogen-bond acceptors (Lipinski definition) is 5. The summed E-state index contributed by atoms with van der Waals surface area (Å²) in [5, 5.41) is 6.03. The fraction of sp³-hybridized carbons (Fsp3) is 0.300. The van der Waals surface area contributed by atoms with Crippen molar-refractivity contribution in [1.82, 2.24) is 5.01 Å². The van der Waals surface area contributed by atoms with Gasteiger partial charge in [-0.25, -0.2) is 13.4 Å². The van der Waals surface area contributed by atoms with Crippen LogP contribution in [0.1, 0.15) is 29.2 Å². The summed E-state index contributed by atoms with van der Waals surface area (Å²) in [5.74, 6) is -0.209. The van der Waals surface area contributed by atoms with E-state index in [0.717, 1.165) is 28.7 Å². The number of hydrogen-bond donors (Lipinski definition) is 1. The normalized spacial score (nSPS) is 16.8. The number of anilines is 1. The van der Waals surface area contributed by atoms with Crippen molar-refractivity contribution >= 4 is 27.3 Å². The first-order valence-electron chi connectivity index (χ1n) is 8.80. The third kappa shape index (κ3) is 4.76. The predicted octanol–water partition coefficient (Wildman–Crippen LogP) is 2.69. The first-order chi connectivity index (χ1) is 13.3. The summed E-state index contributed by atoms with van der Waals surface area (Å²) in [6.45, 7) is 1.96. The van der Waals surface area contributed by atoms with E-state index in [4.69, 9.17) is 4.74 Å². The lowest BCUT2D eigenvalue weighted by molar-refractivity contribution is -0.137. The molecule has 28 heavy (non-hydrogen) atoms. The monoisotopic (exact) mass is 401 g/mol. The molecule has 1 N–H and O–H groups in total. The van der Waals surface area contributed by atoms with Gasteiger partial charge < -0.3 is 4.74 Å². The molecule has 8 heteroatoms. The number of aryl methyl sites for hydroxylation is 1. The van der Waals surface area contributed by atoms with Crippen molar-refractivity contribution in [2.24, 2.45) is 5.10 Å². The molecule has 0 spiro atoms. The van der Waals surface area contributed by atoms with Gasteiger partial charge >= 0.3 is 0 Å². The van der Waals surface area contributed by atoms with Gasteiger partial charge in [0.25, 0.3) is 5.91 Å². The Balaban J connectivity index is 1.89. The fourth-order valence-electron chi connectivity index (χ4n) is 3.19. The van der Waals surface area contributed by atoms with Gasteiger partial charge in [0.15, 0.2) is 0 Å². The van der Waals surface area contributed by atoms with Crippen molar-refractivity contribution in [3.8, 4) is 0 Å². The molecular formula is C20H23N3O4S. The van der Waals surface area contributed by atoms with E-state index < -0.39 is 10.0 Å². The van der Waals surface area contributed by atoms with Crippen LogP contribution in [0, 0.1) is 6.92 Å². The van der Waals surface area contributed by atoms with E-state index in [2.05, 4.69) is 15.9 Å². The van der Waals surface area contributed by atoms with E-state index in [0.29, 0.717) is 12.1 Å². The Morgan fingerprint density at radius 1 is 1.25 bits per heavy atom. The van der Waals surface area contributed by atoms with Gasteiger partial charge in [0.2, 0.25) is 10.0 Å². The third-order valence-corrected chi connectivity index (χ3v) is 4.99. The summed E-state index contributed by atoms with van der Waals surface area (Å²) in [6.07, 6.45) is 1.67. The van der Waals surface area contributed by atoms with Crippen LogP contribution in [-0.4, -0.2) is 45.0 Å². The summed E-state index contributed by atoms with van der Waals surface area (Å²) in [4.78, 5) is 12.5. The molecule has 3 rings (SSSR count). The summed E-state index contributed by atoms with van der Waals surface area (Å²) in [7, 11) is -1.85. The van der Waals surface area contributed by atoms with Gasteiger partial charge in [0.05, 0.1) is 18.0 Å². The summed E-state index contributed by atoms with van der Waals surface area (Å²) in [6, 6.07) is 14.8. The van der Waals surface area contributed by atoms with Gasteiger partial charge in [-0.05, 0) is 30.2 Å². The average Bonchev–Trinajstić information content (AvgIpc) is 3.07. The van der Waals surface area contributed by atoms with Crippen LogP contribution in [0.3, 0.4) is 0 Å². The molecule has 2 aromatic rings. The van der Waals surface area contributed by atoms with Gasteiger partial charge in [0.1, 0.15) is 6.61 Å². The molecule has 1 aliphatic heterocycles. The van der Waals surface area contributed by atoms with Crippen LogP contribution < -0.4 is 4.72 Å². The third-order valence-electron chi connectivity index (χ3n) is 4.38. The first kappa shape index (κ1) is 20.0. The Bertz CT molecular complexity index is 1000. The maximum absolute atomic E-state index is 12.5. The molecule has 0 bridgehead atoms. The molecule has 0 radical (unpaired) electrons. The molecule has 1 aliphatic rings. The van der Waals surface area contributed by atoms with Gasteiger partial charge in [-0.15, -0.1) is 0 Å². The zero-order chi connectivity index (χ0) is 20.3. The van der Waals surface area contributed by atoms with E-state index >= 15 is 0 Å². The highest BCUT2D eigenvalue weighted by Crippen LogP contribution is 2.33. The predicted molar refractivity (Wildman–Crippen MR) is 109 cm³/mol. The second-order valence-corrected chi connectivity index (χ2v) is 8.55. The standard InChI is InChI=1S/C20H23N3O4S/c1-14-5-4-6-16(11-14)19-12-18(21-23(19)20(24)13-27-2)15-7-9-17(10-8-15)22-28(3,25)26/h4-11,19,22H,12-13H2,1-3H3/t19-/m1/s1. The largest absolute Gasteiger partial charge is 0.375 e. The molecule has 1 amide bonds. The number of amides is 1. The summed E-state index contributed by atoms with van der Waals surface area (Å²) in [5.41, 5.74) is 4.21. The quantitative estimate of drug-likeness (QED) is 0.806. The van der Waals surface area contributed by atoms with Gasteiger partial charge in [0, 0.05) is 19.2 Å². The van der Waals surface area contributed by atoms with Crippen LogP contribution in [0.2, 0.25) is 0 Å². The number of nitrogens with zero attached hydrogens (tertiary/aromatic N) is 2. The molecule has 1 atom stereocenters. The molecule has 0 fully saturated rings. The number of rotatable bonds is 6. The van der Waals surface area contributed by atoms with Crippen LogP contribution in [0.25, 0.3) is 0 Å². The summed E-state index contributed by atoms with van der Waals surface area (Å²) >= 11 is 0. The van der Waals surface area contributed by atoms with Crippen LogP contribution in [0.5, 0.6) is 0 Å². The smallest absolute Gasteiger partial charge is 0.269 e. The Kier molecular flexibility index (Phi) is 5.81. The highest BCUT2D eigenvalue weighted by molar-refractivity contribution is 7.92. The minimum Gasteiger partial charge on any atom is -0.375 e.